The highest BCUT2D eigenvalue weighted by Crippen LogP contribution is 2.12. The number of benzene rings is 1. The number of aryl methyl sites for hydroxylation is 1. The molecule has 1 aromatic rings. The number of hydrogen-bond donors (Lipinski definition) is 0. The second-order valence-electron chi connectivity index (χ2n) is 2.73. The van der Waals surface area contributed by atoms with Crippen molar-refractivity contribution in [3.05, 3.63) is 35.4 Å². The molecule has 0 N–H and O–H groups in total. The summed E-state index contributed by atoms with van der Waals surface area (Å²) in [5, 5.41) is 0. The smallest absolute Gasteiger partial charge is 0.212 e. The lowest BCUT2D eigenvalue weighted by Crippen LogP contribution is -2.03. The van der Waals surface area contributed by atoms with Crippen molar-refractivity contribution in [1.29, 1.82) is 0 Å². The summed E-state index contributed by atoms with van der Waals surface area (Å²) in [6.45, 7) is 0. The van der Waals surface area contributed by atoms with Crippen molar-refractivity contribution in [2.45, 2.75) is 6.42 Å². The van der Waals surface area contributed by atoms with Gasteiger partial charge in [0, 0.05) is 10.7 Å². The highest BCUT2D eigenvalue weighted by atomic mass is 35.7. The first-order valence-electron chi connectivity index (χ1n) is 3.75. The van der Waals surface area contributed by atoms with Crippen molar-refractivity contribution in [3.63, 3.8) is 0 Å². The Labute approximate surface area is 84.9 Å². The Morgan fingerprint density at radius 2 is 1.93 bits per heavy atom. The third kappa shape index (κ3) is 3.59. The molecule has 1 rings (SSSR count). The molecule has 0 amide bonds. The molecular weight excluding hydrogens is 234 g/mol. The average Bonchev–Trinajstić information content (AvgIpc) is 2.05. The van der Waals surface area contributed by atoms with Gasteiger partial charge < -0.3 is 0 Å². The van der Waals surface area contributed by atoms with E-state index in [1.54, 1.807) is 0 Å². The van der Waals surface area contributed by atoms with Gasteiger partial charge >= 0.3 is 0 Å². The zero-order chi connectivity index (χ0) is 10.8. The van der Waals surface area contributed by atoms with Gasteiger partial charge in [-0.05, 0) is 30.2 Å². The maximum Gasteiger partial charge on any atom is 0.232 e. The Morgan fingerprint density at radius 1 is 1.29 bits per heavy atom. The summed E-state index contributed by atoms with van der Waals surface area (Å²) >= 11 is 0. The van der Waals surface area contributed by atoms with Gasteiger partial charge in [-0.1, -0.05) is 0 Å². The van der Waals surface area contributed by atoms with Crippen molar-refractivity contribution in [2.24, 2.45) is 0 Å². The first-order chi connectivity index (χ1) is 6.38. The van der Waals surface area contributed by atoms with Crippen molar-refractivity contribution >= 4 is 19.7 Å². The van der Waals surface area contributed by atoms with Crippen molar-refractivity contribution in [1.82, 2.24) is 0 Å². The summed E-state index contributed by atoms with van der Waals surface area (Å²) in [5.41, 5.74) is 0.00854. The predicted octanol–water partition coefficient (Wildman–Crippen LogP) is 2.08. The van der Waals surface area contributed by atoms with Crippen LogP contribution in [0.2, 0.25) is 0 Å². The average molecular weight is 241 g/mol. The quantitative estimate of drug-likeness (QED) is 0.758. The number of halogens is 3. The molecule has 0 saturated carbocycles. The topological polar surface area (TPSA) is 34.1 Å². The normalized spacial score (nSPS) is 11.6. The van der Waals surface area contributed by atoms with Crippen LogP contribution in [0.25, 0.3) is 0 Å². The third-order valence-electron chi connectivity index (χ3n) is 1.62. The predicted molar refractivity (Wildman–Crippen MR) is 49.7 cm³/mol. The molecule has 0 spiro atoms. The molecule has 0 fully saturated rings. The summed E-state index contributed by atoms with van der Waals surface area (Å²) in [7, 11) is 1.26. The van der Waals surface area contributed by atoms with E-state index in [1.165, 1.54) is 0 Å². The van der Waals surface area contributed by atoms with Crippen molar-refractivity contribution in [3.8, 4) is 0 Å². The van der Waals surface area contributed by atoms with E-state index in [0.29, 0.717) is 0 Å². The van der Waals surface area contributed by atoms with Gasteiger partial charge in [0.05, 0.1) is 5.75 Å². The third-order valence-corrected chi connectivity index (χ3v) is 2.78. The molecular formula is C8H7ClF2O2S. The highest BCUT2D eigenvalue weighted by Gasteiger charge is 2.09. The van der Waals surface area contributed by atoms with Crippen LogP contribution < -0.4 is 0 Å². The minimum absolute atomic E-state index is 0.00854. The Bertz CT molecular complexity index is 431. The summed E-state index contributed by atoms with van der Waals surface area (Å²) in [6, 6.07) is 2.87. The van der Waals surface area contributed by atoms with Gasteiger partial charge in [-0.15, -0.1) is 0 Å². The Kier molecular flexibility index (Phi) is 3.44. The van der Waals surface area contributed by atoms with E-state index < -0.39 is 26.4 Å². The minimum Gasteiger partial charge on any atom is -0.212 e. The van der Waals surface area contributed by atoms with Gasteiger partial charge in [0.1, 0.15) is 11.6 Å². The fraction of sp³-hybridized carbons (Fsp3) is 0.250. The van der Waals surface area contributed by atoms with Crippen LogP contribution >= 0.6 is 10.7 Å². The first kappa shape index (κ1) is 11.4. The van der Waals surface area contributed by atoms with Gasteiger partial charge in [0.15, 0.2) is 0 Å². The molecule has 2 nitrogen and oxygen atoms in total. The van der Waals surface area contributed by atoms with E-state index in [1.807, 2.05) is 0 Å². The van der Waals surface area contributed by atoms with E-state index in [9.17, 15) is 17.2 Å². The van der Waals surface area contributed by atoms with Gasteiger partial charge in [0.2, 0.25) is 9.05 Å². The van der Waals surface area contributed by atoms with E-state index in [-0.39, 0.29) is 12.0 Å². The molecule has 0 aliphatic carbocycles. The molecule has 0 atom stereocenters. The zero-order valence-corrected chi connectivity index (χ0v) is 8.58. The fourth-order valence-corrected chi connectivity index (χ4v) is 1.66. The molecule has 0 saturated heterocycles. The van der Waals surface area contributed by atoms with Crippen LogP contribution in [0.1, 0.15) is 5.56 Å². The zero-order valence-electron chi connectivity index (χ0n) is 7.00. The Hall–Kier alpha value is -0.680. The monoisotopic (exact) mass is 240 g/mol. The molecule has 78 valence electrons. The molecule has 0 aliphatic rings. The van der Waals surface area contributed by atoms with Gasteiger partial charge in [-0.3, -0.25) is 0 Å². The van der Waals surface area contributed by atoms with Crippen molar-refractivity contribution < 1.29 is 17.2 Å². The highest BCUT2D eigenvalue weighted by molar-refractivity contribution is 8.13. The summed E-state index contributed by atoms with van der Waals surface area (Å²) in [5.74, 6) is -1.64. The van der Waals surface area contributed by atoms with E-state index in [0.717, 1.165) is 18.2 Å². The fourth-order valence-electron chi connectivity index (χ4n) is 0.967. The minimum atomic E-state index is -3.67. The van der Waals surface area contributed by atoms with E-state index >= 15 is 0 Å². The van der Waals surface area contributed by atoms with Crippen LogP contribution in [0.5, 0.6) is 0 Å². The molecule has 0 aromatic heterocycles. The Morgan fingerprint density at radius 3 is 2.50 bits per heavy atom. The van der Waals surface area contributed by atoms with Gasteiger partial charge in [0.25, 0.3) is 0 Å². The van der Waals surface area contributed by atoms with Crippen LogP contribution in [-0.2, 0) is 15.5 Å². The SMILES string of the molecule is O=S(=O)(Cl)CCc1cc(F)ccc1F. The standard InChI is InChI=1S/C8H7ClF2O2S/c9-14(12,13)4-3-6-5-7(10)1-2-8(6)11/h1-2,5H,3-4H2. The van der Waals surface area contributed by atoms with Crippen LogP contribution in [0, 0.1) is 11.6 Å². The van der Waals surface area contributed by atoms with E-state index in [2.05, 4.69) is 0 Å². The van der Waals surface area contributed by atoms with Gasteiger partial charge in [-0.2, -0.15) is 0 Å². The number of hydrogen-bond acceptors (Lipinski definition) is 2. The van der Waals surface area contributed by atoms with Crippen molar-refractivity contribution in [2.75, 3.05) is 5.75 Å². The lowest BCUT2D eigenvalue weighted by atomic mass is 10.1. The Balaban J connectivity index is 2.81. The maximum atomic E-state index is 12.9. The lowest BCUT2D eigenvalue weighted by molar-refractivity contribution is 0.584. The van der Waals surface area contributed by atoms with Crippen LogP contribution in [0.15, 0.2) is 18.2 Å². The molecule has 0 bridgehead atoms. The second kappa shape index (κ2) is 4.23. The number of rotatable bonds is 3. The molecule has 0 heterocycles. The summed E-state index contributed by atoms with van der Waals surface area (Å²) in [6.07, 6.45) is -0.130. The van der Waals surface area contributed by atoms with Crippen LogP contribution in [-0.4, -0.2) is 14.2 Å². The molecule has 0 radical (unpaired) electrons. The first-order valence-corrected chi connectivity index (χ1v) is 6.22. The molecule has 6 heteroatoms. The molecule has 0 unspecified atom stereocenters. The van der Waals surface area contributed by atoms with Gasteiger partial charge in [-0.25, -0.2) is 17.2 Å². The largest absolute Gasteiger partial charge is 0.232 e. The summed E-state index contributed by atoms with van der Waals surface area (Å²) < 4.78 is 46.7. The van der Waals surface area contributed by atoms with Crippen LogP contribution in [0.3, 0.4) is 0 Å². The molecule has 1 aromatic carbocycles. The van der Waals surface area contributed by atoms with Crippen LogP contribution in [0.4, 0.5) is 8.78 Å². The molecule has 14 heavy (non-hydrogen) atoms. The van der Waals surface area contributed by atoms with E-state index in [4.69, 9.17) is 10.7 Å². The summed E-state index contributed by atoms with van der Waals surface area (Å²) in [4.78, 5) is 0. The molecule has 0 aliphatic heterocycles. The second-order valence-corrected chi connectivity index (χ2v) is 5.63. The maximum absolute atomic E-state index is 12.9. The lowest BCUT2D eigenvalue weighted by Gasteiger charge is -2.01.